The fourth-order valence-electron chi connectivity index (χ4n) is 2.57. The first-order valence-electron chi connectivity index (χ1n) is 7.39. The number of nitrogens with zero attached hydrogens (tertiary/aromatic N) is 2. The van der Waals surface area contributed by atoms with E-state index in [1.807, 2.05) is 42.5 Å². The van der Waals surface area contributed by atoms with Crippen LogP contribution in [-0.2, 0) is 6.42 Å². The molecule has 0 spiro atoms. The molecule has 0 N–H and O–H groups in total. The number of benzene rings is 2. The maximum Gasteiger partial charge on any atom is 0.232 e. The van der Waals surface area contributed by atoms with Crippen LogP contribution in [0.5, 0.6) is 11.5 Å². The Morgan fingerprint density at radius 3 is 2.65 bits per heavy atom. The minimum absolute atomic E-state index is 0.0217. The number of methoxy groups -OCH3 is 2. The average molecular weight is 310 g/mol. The number of rotatable bonds is 5. The lowest BCUT2D eigenvalue weighted by atomic mass is 10.1. The molecule has 2 aromatic carbocycles. The van der Waals surface area contributed by atoms with Crippen molar-refractivity contribution in [3.8, 4) is 11.5 Å². The molecular formula is C18H18N2O3. The summed E-state index contributed by atoms with van der Waals surface area (Å²) in [6, 6.07) is 13.3. The van der Waals surface area contributed by atoms with Crippen LogP contribution in [0, 0.1) is 0 Å². The van der Waals surface area contributed by atoms with Gasteiger partial charge >= 0.3 is 0 Å². The molecular weight excluding hydrogens is 292 g/mol. The number of fused-ring (bicyclic) bond motifs is 1. The highest BCUT2D eigenvalue weighted by atomic mass is 16.5. The van der Waals surface area contributed by atoms with Crippen molar-refractivity contribution in [3.63, 3.8) is 0 Å². The second-order valence-corrected chi connectivity index (χ2v) is 5.19. The lowest BCUT2D eigenvalue weighted by molar-refractivity contribution is 0.0907. The third-order valence-electron chi connectivity index (χ3n) is 3.80. The summed E-state index contributed by atoms with van der Waals surface area (Å²) in [5.41, 5.74) is 2.69. The summed E-state index contributed by atoms with van der Waals surface area (Å²) >= 11 is 0. The van der Waals surface area contributed by atoms with Crippen molar-refractivity contribution < 1.29 is 14.3 Å². The van der Waals surface area contributed by atoms with Gasteiger partial charge in [0.25, 0.3) is 0 Å². The van der Waals surface area contributed by atoms with Gasteiger partial charge in [0, 0.05) is 6.42 Å². The third-order valence-corrected chi connectivity index (χ3v) is 3.80. The third kappa shape index (κ3) is 3.04. The van der Waals surface area contributed by atoms with Crippen molar-refractivity contribution >= 4 is 16.9 Å². The van der Waals surface area contributed by atoms with Gasteiger partial charge < -0.3 is 9.47 Å². The molecule has 5 heteroatoms. The van der Waals surface area contributed by atoms with Crippen molar-refractivity contribution in [1.82, 2.24) is 9.55 Å². The molecule has 0 bridgehead atoms. The van der Waals surface area contributed by atoms with Crippen LogP contribution in [0.1, 0.15) is 16.8 Å². The summed E-state index contributed by atoms with van der Waals surface area (Å²) in [5.74, 6) is 1.38. The van der Waals surface area contributed by atoms with Gasteiger partial charge in [0.15, 0.2) is 11.5 Å². The number of carbonyl (C=O) groups excluding carboxylic acids is 1. The molecule has 3 rings (SSSR count). The van der Waals surface area contributed by atoms with E-state index >= 15 is 0 Å². The number of carbonyl (C=O) groups is 1. The van der Waals surface area contributed by atoms with Crippen LogP contribution in [-0.4, -0.2) is 29.7 Å². The first-order valence-corrected chi connectivity index (χ1v) is 7.39. The number of hydrogen-bond acceptors (Lipinski definition) is 4. The summed E-state index contributed by atoms with van der Waals surface area (Å²) in [7, 11) is 3.20. The molecule has 23 heavy (non-hydrogen) atoms. The van der Waals surface area contributed by atoms with Gasteiger partial charge in [-0.1, -0.05) is 18.2 Å². The minimum Gasteiger partial charge on any atom is -0.493 e. The lowest BCUT2D eigenvalue weighted by Crippen LogP contribution is -2.10. The van der Waals surface area contributed by atoms with E-state index in [9.17, 15) is 4.79 Å². The second-order valence-electron chi connectivity index (χ2n) is 5.19. The van der Waals surface area contributed by atoms with Gasteiger partial charge in [-0.05, 0) is 36.2 Å². The molecule has 0 saturated heterocycles. The molecule has 0 aliphatic rings. The summed E-state index contributed by atoms with van der Waals surface area (Å²) in [6.07, 6.45) is 2.61. The number of aryl methyl sites for hydroxylation is 1. The van der Waals surface area contributed by atoms with Gasteiger partial charge in [-0.15, -0.1) is 0 Å². The Bertz CT molecular complexity index is 839. The van der Waals surface area contributed by atoms with Crippen LogP contribution in [0.3, 0.4) is 0 Å². The maximum absolute atomic E-state index is 12.4. The van der Waals surface area contributed by atoms with Gasteiger partial charge in [-0.25, -0.2) is 4.98 Å². The fourth-order valence-corrected chi connectivity index (χ4v) is 2.57. The van der Waals surface area contributed by atoms with Crippen molar-refractivity contribution in [2.45, 2.75) is 12.8 Å². The highest BCUT2D eigenvalue weighted by Gasteiger charge is 2.11. The highest BCUT2D eigenvalue weighted by Crippen LogP contribution is 2.28. The Morgan fingerprint density at radius 2 is 1.87 bits per heavy atom. The molecule has 0 unspecified atom stereocenters. The highest BCUT2D eigenvalue weighted by molar-refractivity contribution is 5.90. The maximum atomic E-state index is 12.4. The zero-order valence-electron chi connectivity index (χ0n) is 13.2. The standard InChI is InChI=1S/C18H18N2O3/c1-22-16-9-7-13(11-17(16)23-2)8-10-18(21)20-12-19-14-5-3-4-6-15(14)20/h3-7,9,11-12H,8,10H2,1-2H3. The first-order chi connectivity index (χ1) is 11.2. The Balaban J connectivity index is 1.74. The van der Waals surface area contributed by atoms with Gasteiger partial charge in [0.05, 0.1) is 25.3 Å². The number of ether oxygens (including phenoxy) is 2. The summed E-state index contributed by atoms with van der Waals surface area (Å²) in [4.78, 5) is 16.7. The van der Waals surface area contributed by atoms with Crippen molar-refractivity contribution in [2.24, 2.45) is 0 Å². The number of aromatic nitrogens is 2. The first kappa shape index (κ1) is 15.1. The Labute approximate surface area is 134 Å². The molecule has 0 atom stereocenters. The van der Waals surface area contributed by atoms with Crippen LogP contribution in [0.4, 0.5) is 0 Å². The summed E-state index contributed by atoms with van der Waals surface area (Å²) in [6.45, 7) is 0. The van der Waals surface area contributed by atoms with Gasteiger partial charge in [0.2, 0.25) is 5.91 Å². The number of imidazole rings is 1. The Morgan fingerprint density at radius 1 is 1.09 bits per heavy atom. The normalized spacial score (nSPS) is 10.7. The minimum atomic E-state index is 0.0217. The van der Waals surface area contributed by atoms with E-state index in [1.165, 1.54) is 0 Å². The Kier molecular flexibility index (Phi) is 4.28. The zero-order valence-corrected chi connectivity index (χ0v) is 13.2. The average Bonchev–Trinajstić information content (AvgIpc) is 3.03. The van der Waals surface area contributed by atoms with Crippen molar-refractivity contribution in [2.75, 3.05) is 14.2 Å². The SMILES string of the molecule is COc1ccc(CCC(=O)n2cnc3ccccc32)cc1OC. The summed E-state index contributed by atoms with van der Waals surface area (Å²) in [5, 5.41) is 0. The van der Waals surface area contributed by atoms with E-state index in [0.717, 1.165) is 16.6 Å². The Hall–Kier alpha value is -2.82. The van der Waals surface area contributed by atoms with Crippen LogP contribution < -0.4 is 9.47 Å². The van der Waals surface area contributed by atoms with E-state index in [2.05, 4.69) is 4.98 Å². The summed E-state index contributed by atoms with van der Waals surface area (Å²) < 4.78 is 12.1. The van der Waals surface area contributed by atoms with Gasteiger partial charge in [-0.2, -0.15) is 0 Å². The van der Waals surface area contributed by atoms with Crippen LogP contribution in [0.2, 0.25) is 0 Å². The topological polar surface area (TPSA) is 53.4 Å². The molecule has 1 aromatic heterocycles. The molecule has 118 valence electrons. The largest absolute Gasteiger partial charge is 0.493 e. The molecule has 0 aliphatic carbocycles. The van der Waals surface area contributed by atoms with E-state index in [1.54, 1.807) is 25.1 Å². The van der Waals surface area contributed by atoms with E-state index in [0.29, 0.717) is 24.3 Å². The smallest absolute Gasteiger partial charge is 0.232 e. The zero-order chi connectivity index (χ0) is 16.2. The molecule has 5 nitrogen and oxygen atoms in total. The quantitative estimate of drug-likeness (QED) is 0.725. The predicted molar refractivity (Wildman–Crippen MR) is 88.2 cm³/mol. The molecule has 3 aromatic rings. The molecule has 0 fully saturated rings. The van der Waals surface area contributed by atoms with Crippen molar-refractivity contribution in [1.29, 1.82) is 0 Å². The van der Waals surface area contributed by atoms with Gasteiger partial charge in [0.1, 0.15) is 6.33 Å². The van der Waals surface area contributed by atoms with Crippen LogP contribution >= 0.6 is 0 Å². The molecule has 0 saturated carbocycles. The fraction of sp³-hybridized carbons (Fsp3) is 0.222. The van der Waals surface area contributed by atoms with E-state index < -0.39 is 0 Å². The molecule has 0 amide bonds. The number of hydrogen-bond donors (Lipinski definition) is 0. The van der Waals surface area contributed by atoms with E-state index in [-0.39, 0.29) is 5.91 Å². The lowest BCUT2D eigenvalue weighted by Gasteiger charge is -2.09. The molecule has 1 heterocycles. The second kappa shape index (κ2) is 6.52. The molecule has 0 radical (unpaired) electrons. The monoisotopic (exact) mass is 310 g/mol. The predicted octanol–water partition coefficient (Wildman–Crippen LogP) is 3.33. The molecule has 0 aliphatic heterocycles. The van der Waals surface area contributed by atoms with Crippen molar-refractivity contribution in [3.05, 3.63) is 54.4 Å². The van der Waals surface area contributed by atoms with E-state index in [4.69, 9.17) is 9.47 Å². The van der Waals surface area contributed by atoms with Crippen LogP contribution in [0.15, 0.2) is 48.8 Å². The number of para-hydroxylation sites is 2. The van der Waals surface area contributed by atoms with Gasteiger partial charge in [-0.3, -0.25) is 9.36 Å². The van der Waals surface area contributed by atoms with Crippen LogP contribution in [0.25, 0.3) is 11.0 Å².